The molecule has 0 spiro atoms. The third-order valence-corrected chi connectivity index (χ3v) is 8.67. The van der Waals surface area contributed by atoms with Crippen LogP contribution in [0.2, 0.25) is 0 Å². The van der Waals surface area contributed by atoms with Gasteiger partial charge in [-0.2, -0.15) is 0 Å². The minimum Gasteiger partial charge on any atom is -0.463 e. The van der Waals surface area contributed by atoms with E-state index in [4.69, 9.17) is 52.1 Å². The number of ether oxygens (including phenoxy) is 11. The Bertz CT molecular complexity index is 1250. The molecule has 0 radical (unpaired) electrons. The number of nitrogens with zero attached hydrogens (tertiary/aromatic N) is 1. The van der Waals surface area contributed by atoms with Gasteiger partial charge in [-0.3, -0.25) is 4.79 Å². The van der Waals surface area contributed by atoms with E-state index in [9.17, 15) is 9.59 Å². The van der Waals surface area contributed by atoms with Gasteiger partial charge in [0.1, 0.15) is 13.2 Å². The number of esters is 1. The van der Waals surface area contributed by atoms with Crippen molar-refractivity contribution in [3.63, 3.8) is 0 Å². The number of unbranched alkanes of at least 4 members (excludes halogenated alkanes) is 2. The SMILES string of the molecule is CCCCCC(=O)OCCOCCOCCOCCOCCOCCOCCOCCOCCOCCN(C)C(=O)OCC1c2ccccc2-c2ccccc21. The van der Waals surface area contributed by atoms with Crippen LogP contribution >= 0.6 is 0 Å². The first-order valence-electron chi connectivity index (χ1n) is 20.0. The summed E-state index contributed by atoms with van der Waals surface area (Å²) in [5.74, 6) is -0.128. The summed E-state index contributed by atoms with van der Waals surface area (Å²) in [6.45, 7) is 11.4. The maximum atomic E-state index is 12.6. The molecule has 14 nitrogen and oxygen atoms in total. The van der Waals surface area contributed by atoms with E-state index < -0.39 is 0 Å². The minimum absolute atomic E-state index is 0.0360. The Hall–Kier alpha value is -3.18. The smallest absolute Gasteiger partial charge is 0.409 e. The summed E-state index contributed by atoms with van der Waals surface area (Å²) in [6.07, 6.45) is 3.11. The van der Waals surface area contributed by atoms with Gasteiger partial charge in [0.15, 0.2) is 0 Å². The highest BCUT2D eigenvalue weighted by Gasteiger charge is 2.29. The number of carbonyl (C=O) groups is 2. The van der Waals surface area contributed by atoms with Crippen LogP contribution in [0.15, 0.2) is 48.5 Å². The molecule has 0 saturated carbocycles. The van der Waals surface area contributed by atoms with Crippen LogP contribution in [0.1, 0.15) is 49.7 Å². The van der Waals surface area contributed by atoms with Gasteiger partial charge < -0.3 is 57.0 Å². The molecule has 56 heavy (non-hydrogen) atoms. The monoisotopic (exact) mass is 791 g/mol. The predicted molar refractivity (Wildman–Crippen MR) is 210 cm³/mol. The number of likely N-dealkylation sites (N-methyl/N-ethyl adjacent to an activating group) is 1. The van der Waals surface area contributed by atoms with E-state index in [0.29, 0.717) is 138 Å². The molecule has 0 bridgehead atoms. The number of rotatable bonds is 36. The van der Waals surface area contributed by atoms with Crippen molar-refractivity contribution in [2.75, 3.05) is 146 Å². The average Bonchev–Trinajstić information content (AvgIpc) is 3.54. The summed E-state index contributed by atoms with van der Waals surface area (Å²) in [5.41, 5.74) is 4.79. The fourth-order valence-corrected chi connectivity index (χ4v) is 5.66. The molecular weight excluding hydrogens is 726 g/mol. The molecule has 0 heterocycles. The van der Waals surface area contributed by atoms with Gasteiger partial charge in [0.2, 0.25) is 0 Å². The number of fused-ring (bicyclic) bond motifs is 3. The predicted octanol–water partition coefficient (Wildman–Crippen LogP) is 5.14. The van der Waals surface area contributed by atoms with Crippen molar-refractivity contribution in [1.82, 2.24) is 4.90 Å². The van der Waals surface area contributed by atoms with E-state index in [2.05, 4.69) is 31.2 Å². The molecule has 0 aromatic heterocycles. The maximum absolute atomic E-state index is 12.6. The first-order chi connectivity index (χ1) is 27.6. The number of amides is 1. The van der Waals surface area contributed by atoms with Gasteiger partial charge in [-0.25, -0.2) is 4.79 Å². The summed E-state index contributed by atoms with van der Waals surface area (Å²) < 4.78 is 60.3. The second kappa shape index (κ2) is 31.9. The van der Waals surface area contributed by atoms with Gasteiger partial charge in [0, 0.05) is 25.9 Å². The number of hydrogen-bond donors (Lipinski definition) is 0. The van der Waals surface area contributed by atoms with Crippen molar-refractivity contribution in [2.45, 2.75) is 38.5 Å². The van der Waals surface area contributed by atoms with Crippen molar-refractivity contribution in [1.29, 1.82) is 0 Å². The molecule has 1 amide bonds. The zero-order chi connectivity index (χ0) is 39.7. The number of benzene rings is 2. The lowest BCUT2D eigenvalue weighted by Crippen LogP contribution is -2.32. The van der Waals surface area contributed by atoms with Crippen LogP contribution in [0.3, 0.4) is 0 Å². The Labute approximate surface area is 333 Å². The Morgan fingerprint density at radius 3 is 1.29 bits per heavy atom. The van der Waals surface area contributed by atoms with E-state index in [1.165, 1.54) is 27.2 Å². The Morgan fingerprint density at radius 2 is 0.875 bits per heavy atom. The molecule has 1 aliphatic carbocycles. The summed E-state index contributed by atoms with van der Waals surface area (Å²) in [7, 11) is 1.71. The molecular formula is C42H65NO13. The molecule has 2 aromatic rings. The van der Waals surface area contributed by atoms with Gasteiger partial charge in [-0.05, 0) is 28.7 Å². The molecule has 0 fully saturated rings. The second-order valence-electron chi connectivity index (χ2n) is 12.9. The highest BCUT2D eigenvalue weighted by Crippen LogP contribution is 2.44. The summed E-state index contributed by atoms with van der Waals surface area (Å²) >= 11 is 0. The maximum Gasteiger partial charge on any atom is 0.409 e. The molecule has 0 unspecified atom stereocenters. The Balaban J connectivity index is 0.969. The van der Waals surface area contributed by atoms with Crippen LogP contribution in [0, 0.1) is 0 Å². The van der Waals surface area contributed by atoms with Crippen LogP contribution in [0.5, 0.6) is 0 Å². The number of carbonyl (C=O) groups excluding carboxylic acids is 2. The van der Waals surface area contributed by atoms with E-state index in [1.54, 1.807) is 7.05 Å². The second-order valence-corrected chi connectivity index (χ2v) is 12.9. The van der Waals surface area contributed by atoms with Crippen molar-refractivity contribution < 1.29 is 61.7 Å². The van der Waals surface area contributed by atoms with Crippen LogP contribution < -0.4 is 0 Å². The first kappa shape index (κ1) is 47.2. The Kier molecular flexibility index (Phi) is 26.8. The molecule has 2 aromatic carbocycles. The zero-order valence-electron chi connectivity index (χ0n) is 33.6. The quantitative estimate of drug-likeness (QED) is 0.0666. The van der Waals surface area contributed by atoms with Crippen molar-refractivity contribution >= 4 is 12.1 Å². The molecule has 1 aliphatic rings. The lowest BCUT2D eigenvalue weighted by Gasteiger charge is -2.19. The minimum atomic E-state index is -0.367. The van der Waals surface area contributed by atoms with E-state index in [0.717, 1.165) is 19.3 Å². The van der Waals surface area contributed by atoms with E-state index in [1.807, 2.05) is 24.3 Å². The third-order valence-electron chi connectivity index (χ3n) is 8.67. The number of hydrogen-bond acceptors (Lipinski definition) is 13. The van der Waals surface area contributed by atoms with E-state index >= 15 is 0 Å². The van der Waals surface area contributed by atoms with Crippen LogP contribution in [0.4, 0.5) is 4.79 Å². The molecule has 14 heteroatoms. The summed E-state index contributed by atoms with van der Waals surface area (Å²) in [4.78, 5) is 25.6. The molecule has 0 atom stereocenters. The average molecular weight is 792 g/mol. The van der Waals surface area contributed by atoms with Crippen LogP contribution in [-0.2, 0) is 56.9 Å². The largest absolute Gasteiger partial charge is 0.463 e. The Morgan fingerprint density at radius 1 is 0.500 bits per heavy atom. The molecule has 316 valence electrons. The van der Waals surface area contributed by atoms with Crippen LogP contribution in [0.25, 0.3) is 11.1 Å². The zero-order valence-corrected chi connectivity index (χ0v) is 33.6. The van der Waals surface area contributed by atoms with Crippen LogP contribution in [-0.4, -0.2) is 163 Å². The standard InChI is InChI=1S/C42H65NO13/c1-3-4-5-14-41(44)55-34-33-54-32-31-53-30-29-52-28-27-51-26-25-50-24-23-49-22-21-48-20-19-47-18-17-46-16-15-43(2)42(45)56-35-40-38-12-8-6-10-36(38)37-11-7-9-13-39(37)40/h6-13,40H,3-5,14-35H2,1-2H3. The van der Waals surface area contributed by atoms with Gasteiger partial charge in [0.05, 0.1) is 119 Å². The fourth-order valence-electron chi connectivity index (χ4n) is 5.66. The fraction of sp³-hybridized carbons (Fsp3) is 0.667. The molecule has 0 saturated heterocycles. The molecule has 0 N–H and O–H groups in total. The third kappa shape index (κ3) is 20.8. The normalized spacial score (nSPS) is 12.1. The van der Waals surface area contributed by atoms with Gasteiger partial charge in [-0.1, -0.05) is 68.3 Å². The summed E-state index contributed by atoms with van der Waals surface area (Å²) in [6, 6.07) is 16.6. The highest BCUT2D eigenvalue weighted by atomic mass is 16.6. The van der Waals surface area contributed by atoms with Gasteiger partial charge in [0.25, 0.3) is 0 Å². The lowest BCUT2D eigenvalue weighted by atomic mass is 9.98. The van der Waals surface area contributed by atoms with Gasteiger partial charge >= 0.3 is 12.1 Å². The molecule has 3 rings (SSSR count). The van der Waals surface area contributed by atoms with Crippen molar-refractivity contribution in [3.05, 3.63) is 59.7 Å². The van der Waals surface area contributed by atoms with Crippen molar-refractivity contribution in [3.8, 4) is 11.1 Å². The van der Waals surface area contributed by atoms with E-state index in [-0.39, 0.29) is 24.6 Å². The summed E-state index contributed by atoms with van der Waals surface area (Å²) in [5, 5.41) is 0. The molecule has 0 aliphatic heterocycles. The topological polar surface area (TPSA) is 139 Å². The highest BCUT2D eigenvalue weighted by molar-refractivity contribution is 5.79. The lowest BCUT2D eigenvalue weighted by molar-refractivity contribution is -0.145. The first-order valence-corrected chi connectivity index (χ1v) is 20.0. The van der Waals surface area contributed by atoms with Gasteiger partial charge in [-0.15, -0.1) is 0 Å². The van der Waals surface area contributed by atoms with Crippen molar-refractivity contribution in [2.24, 2.45) is 0 Å².